The van der Waals surface area contributed by atoms with Crippen LogP contribution in [0.5, 0.6) is 0 Å². The highest BCUT2D eigenvalue weighted by Crippen LogP contribution is 2.28. The van der Waals surface area contributed by atoms with E-state index in [1.165, 1.54) is 0 Å². The normalized spacial score (nSPS) is 17.6. The number of carbonyl (C=O) groups excluding carboxylic acids is 1. The molecule has 2 aliphatic rings. The van der Waals surface area contributed by atoms with E-state index in [2.05, 4.69) is 34.3 Å². The first-order valence-electron chi connectivity index (χ1n) is 10.3. The molecule has 0 unspecified atom stereocenters. The van der Waals surface area contributed by atoms with Crippen molar-refractivity contribution in [1.29, 1.82) is 0 Å². The molecule has 1 N–H and O–H groups in total. The molecule has 0 spiro atoms. The van der Waals surface area contributed by atoms with Crippen molar-refractivity contribution in [3.8, 4) is 0 Å². The van der Waals surface area contributed by atoms with Gasteiger partial charge in [0, 0.05) is 44.0 Å². The predicted octanol–water partition coefficient (Wildman–Crippen LogP) is 2.89. The van der Waals surface area contributed by atoms with Crippen LogP contribution in [0.15, 0.2) is 36.7 Å². The number of ketones is 1. The number of hydrogen-bond donors (Lipinski definition) is 1. The van der Waals surface area contributed by atoms with Crippen LogP contribution in [0, 0.1) is 6.92 Å². The molecule has 3 aromatic heterocycles. The van der Waals surface area contributed by atoms with E-state index in [1.54, 1.807) is 0 Å². The third kappa shape index (κ3) is 3.56. The summed E-state index contributed by atoms with van der Waals surface area (Å²) in [5.41, 5.74) is 5.45. The van der Waals surface area contributed by atoms with Crippen LogP contribution >= 0.6 is 0 Å². The zero-order valence-electron chi connectivity index (χ0n) is 16.7. The molecule has 1 saturated heterocycles. The molecule has 29 heavy (non-hydrogen) atoms. The molecule has 6 nitrogen and oxygen atoms in total. The molecule has 0 bridgehead atoms. The monoisotopic (exact) mass is 387 g/mol. The van der Waals surface area contributed by atoms with Gasteiger partial charge in [-0.1, -0.05) is 6.07 Å². The lowest BCUT2D eigenvalue weighted by Gasteiger charge is -2.22. The van der Waals surface area contributed by atoms with Gasteiger partial charge in [0.2, 0.25) is 0 Å². The number of aromatic nitrogens is 3. The second-order valence-corrected chi connectivity index (χ2v) is 7.88. The summed E-state index contributed by atoms with van der Waals surface area (Å²) in [6.45, 7) is 6.07. The first-order chi connectivity index (χ1) is 14.2. The molecule has 0 amide bonds. The largest absolute Gasteiger partial charge is 0.355 e. The van der Waals surface area contributed by atoms with Gasteiger partial charge in [0.25, 0.3) is 0 Å². The topological polar surface area (TPSA) is 62.5 Å². The minimum absolute atomic E-state index is 0.128. The molecule has 0 atom stereocenters. The molecular weight excluding hydrogens is 362 g/mol. The molecule has 6 heteroatoms. The highest BCUT2D eigenvalue weighted by Gasteiger charge is 2.22. The number of rotatable bonds is 2. The molecule has 0 radical (unpaired) electrons. The minimum atomic E-state index is 0.128. The quantitative estimate of drug-likeness (QED) is 0.733. The third-order valence-electron chi connectivity index (χ3n) is 5.72. The molecule has 0 saturated carbocycles. The average molecular weight is 387 g/mol. The lowest BCUT2D eigenvalue weighted by molar-refractivity contribution is -0.113. The third-order valence-corrected chi connectivity index (χ3v) is 5.72. The maximum absolute atomic E-state index is 12.9. The second-order valence-electron chi connectivity index (χ2n) is 7.88. The summed E-state index contributed by atoms with van der Waals surface area (Å²) in [5, 5.41) is 3.43. The zero-order chi connectivity index (χ0) is 19.8. The predicted molar refractivity (Wildman–Crippen MR) is 115 cm³/mol. The summed E-state index contributed by atoms with van der Waals surface area (Å²) >= 11 is 0. The van der Waals surface area contributed by atoms with Crippen molar-refractivity contribution in [2.75, 3.05) is 31.1 Å². The number of allylic oxidation sites excluding steroid dienone is 1. The van der Waals surface area contributed by atoms with E-state index < -0.39 is 0 Å². The number of Topliss-reactive ketones (excluding diaryl/α,β-unsaturated/α-hetero) is 1. The highest BCUT2D eigenvalue weighted by molar-refractivity contribution is 6.25. The van der Waals surface area contributed by atoms with Crippen molar-refractivity contribution < 1.29 is 4.79 Å². The fraction of sp³-hybridized carbons (Fsp3) is 0.348. The fourth-order valence-corrected chi connectivity index (χ4v) is 4.14. The van der Waals surface area contributed by atoms with Gasteiger partial charge in [-0.3, -0.25) is 4.79 Å². The molecule has 1 aliphatic heterocycles. The van der Waals surface area contributed by atoms with Gasteiger partial charge in [0.1, 0.15) is 11.5 Å². The minimum Gasteiger partial charge on any atom is -0.355 e. The standard InChI is InChI=1S/C23H25N5O/c1-16-3-7-23-26-20(15-28(23)14-16)18-13-17-4-8-22(25-19(17)5-6-21(18)29)27-11-2-9-24-10-12-27/h3-4,7-8,13-15,24H,2,5-6,9-12H2,1H3. The second kappa shape index (κ2) is 7.44. The summed E-state index contributed by atoms with van der Waals surface area (Å²) in [5.74, 6) is 1.14. The first-order valence-corrected chi connectivity index (χ1v) is 10.3. The number of nitrogens with zero attached hydrogens (tertiary/aromatic N) is 4. The highest BCUT2D eigenvalue weighted by atomic mass is 16.1. The first kappa shape index (κ1) is 18.1. The lowest BCUT2D eigenvalue weighted by Crippen LogP contribution is -2.28. The number of fused-ring (bicyclic) bond motifs is 2. The van der Waals surface area contributed by atoms with Crippen molar-refractivity contribution in [3.63, 3.8) is 0 Å². The van der Waals surface area contributed by atoms with Crippen LogP contribution in [0.3, 0.4) is 0 Å². The molecular formula is C23H25N5O. The Labute approximate surface area is 170 Å². The van der Waals surface area contributed by atoms with Gasteiger partial charge in [-0.25, -0.2) is 9.97 Å². The van der Waals surface area contributed by atoms with Crippen LogP contribution in [-0.2, 0) is 11.2 Å². The van der Waals surface area contributed by atoms with Gasteiger partial charge in [-0.05, 0) is 61.7 Å². The Morgan fingerprint density at radius 3 is 2.86 bits per heavy atom. The van der Waals surface area contributed by atoms with Gasteiger partial charge in [-0.15, -0.1) is 0 Å². The molecule has 1 aliphatic carbocycles. The van der Waals surface area contributed by atoms with Crippen molar-refractivity contribution in [3.05, 3.63) is 59.2 Å². The SMILES string of the molecule is Cc1ccc2nc(C3=Cc4ccc(N5CCCNCC5)nc4CCC3=O)cn2c1. The molecule has 148 valence electrons. The Kier molecular flexibility index (Phi) is 4.64. The molecule has 4 heterocycles. The van der Waals surface area contributed by atoms with Gasteiger partial charge >= 0.3 is 0 Å². The Morgan fingerprint density at radius 2 is 1.93 bits per heavy atom. The molecule has 5 rings (SSSR count). The van der Waals surface area contributed by atoms with E-state index >= 15 is 0 Å². The summed E-state index contributed by atoms with van der Waals surface area (Å²) in [7, 11) is 0. The van der Waals surface area contributed by atoms with Crippen molar-refractivity contribution in [1.82, 2.24) is 19.7 Å². The number of anilines is 1. The smallest absolute Gasteiger partial charge is 0.165 e. The number of pyridine rings is 2. The van der Waals surface area contributed by atoms with Gasteiger partial charge in [-0.2, -0.15) is 0 Å². The van der Waals surface area contributed by atoms with E-state index in [0.717, 1.165) is 66.6 Å². The van der Waals surface area contributed by atoms with Gasteiger partial charge in [0.15, 0.2) is 5.78 Å². The van der Waals surface area contributed by atoms with Gasteiger partial charge in [0.05, 0.1) is 11.4 Å². The number of hydrogen-bond acceptors (Lipinski definition) is 5. The lowest BCUT2D eigenvalue weighted by atomic mass is 10.1. The number of aryl methyl sites for hydroxylation is 2. The van der Waals surface area contributed by atoms with E-state index in [1.807, 2.05) is 35.0 Å². The van der Waals surface area contributed by atoms with E-state index in [-0.39, 0.29) is 5.78 Å². The number of carbonyl (C=O) groups is 1. The summed E-state index contributed by atoms with van der Waals surface area (Å²) in [6.07, 6.45) is 8.20. The van der Waals surface area contributed by atoms with Crippen LogP contribution in [0.2, 0.25) is 0 Å². The zero-order valence-corrected chi connectivity index (χ0v) is 16.7. The van der Waals surface area contributed by atoms with Crippen LogP contribution in [-0.4, -0.2) is 46.3 Å². The molecule has 1 fully saturated rings. The number of nitrogens with one attached hydrogen (secondary N) is 1. The van der Waals surface area contributed by atoms with Gasteiger partial charge < -0.3 is 14.6 Å². The Balaban J connectivity index is 1.51. The van der Waals surface area contributed by atoms with Crippen molar-refractivity contribution in [2.45, 2.75) is 26.2 Å². The summed E-state index contributed by atoms with van der Waals surface area (Å²) in [6, 6.07) is 8.21. The van der Waals surface area contributed by atoms with Crippen LogP contribution in [0.1, 0.15) is 35.4 Å². The number of imidazole rings is 1. The Morgan fingerprint density at radius 1 is 1.00 bits per heavy atom. The van der Waals surface area contributed by atoms with Crippen LogP contribution in [0.4, 0.5) is 5.82 Å². The average Bonchev–Trinajstić information content (AvgIpc) is 2.88. The molecule has 0 aromatic carbocycles. The van der Waals surface area contributed by atoms with E-state index in [0.29, 0.717) is 18.4 Å². The van der Waals surface area contributed by atoms with Crippen LogP contribution < -0.4 is 10.2 Å². The molecule has 3 aromatic rings. The maximum Gasteiger partial charge on any atom is 0.165 e. The summed E-state index contributed by atoms with van der Waals surface area (Å²) in [4.78, 5) is 24.8. The Hall–Kier alpha value is -2.99. The van der Waals surface area contributed by atoms with Crippen molar-refractivity contribution in [2.24, 2.45) is 0 Å². The van der Waals surface area contributed by atoms with Crippen LogP contribution in [0.25, 0.3) is 17.3 Å². The van der Waals surface area contributed by atoms with Crippen molar-refractivity contribution >= 4 is 28.9 Å². The van der Waals surface area contributed by atoms with E-state index in [4.69, 9.17) is 4.98 Å². The van der Waals surface area contributed by atoms with E-state index in [9.17, 15) is 4.79 Å². The summed E-state index contributed by atoms with van der Waals surface area (Å²) < 4.78 is 1.99. The maximum atomic E-state index is 12.9. The Bertz CT molecular complexity index is 1110. The fourth-order valence-electron chi connectivity index (χ4n) is 4.14.